The quantitative estimate of drug-likeness (QED) is 0.871. The van der Waals surface area contributed by atoms with Crippen molar-refractivity contribution in [3.05, 3.63) is 41.6 Å². The van der Waals surface area contributed by atoms with Gasteiger partial charge in [-0.3, -0.25) is 9.48 Å². The lowest BCUT2D eigenvalue weighted by atomic mass is 10.0. The van der Waals surface area contributed by atoms with Crippen molar-refractivity contribution in [1.29, 1.82) is 0 Å². The fourth-order valence-corrected chi connectivity index (χ4v) is 2.06. The molecule has 0 radical (unpaired) electrons. The van der Waals surface area contributed by atoms with Crippen LogP contribution in [0.2, 0.25) is 0 Å². The molecule has 17 heavy (non-hydrogen) atoms. The second kappa shape index (κ2) is 4.41. The third-order valence-corrected chi connectivity index (χ3v) is 2.78. The number of primary amides is 1. The minimum atomic E-state index is -0.473. The predicted molar refractivity (Wildman–Crippen MR) is 66.5 cm³/mol. The lowest BCUT2D eigenvalue weighted by molar-refractivity contribution is 0.0994. The van der Waals surface area contributed by atoms with E-state index in [1.807, 2.05) is 44.3 Å². The summed E-state index contributed by atoms with van der Waals surface area (Å²) in [6.45, 7) is 2.00. The van der Waals surface area contributed by atoms with Gasteiger partial charge in [-0.2, -0.15) is 5.10 Å². The van der Waals surface area contributed by atoms with E-state index in [1.54, 1.807) is 4.68 Å². The van der Waals surface area contributed by atoms with Crippen molar-refractivity contribution in [3.8, 4) is 11.3 Å². The maximum Gasteiger partial charge on any atom is 0.269 e. The Kier molecular flexibility index (Phi) is 2.95. The zero-order valence-corrected chi connectivity index (χ0v) is 9.97. The minimum absolute atomic E-state index is 0.369. The molecule has 0 atom stereocenters. The highest BCUT2D eigenvalue weighted by molar-refractivity contribution is 5.94. The summed E-state index contributed by atoms with van der Waals surface area (Å²) in [5.74, 6) is -0.473. The molecular weight excluding hydrogens is 214 g/mol. The highest BCUT2D eigenvalue weighted by Crippen LogP contribution is 2.25. The van der Waals surface area contributed by atoms with Gasteiger partial charge < -0.3 is 5.73 Å². The molecule has 2 aromatic rings. The van der Waals surface area contributed by atoms with Gasteiger partial charge in [-0.15, -0.1) is 0 Å². The highest BCUT2D eigenvalue weighted by atomic mass is 16.1. The molecule has 1 heterocycles. The maximum atomic E-state index is 11.3. The molecule has 0 saturated carbocycles. The van der Waals surface area contributed by atoms with E-state index in [9.17, 15) is 4.79 Å². The molecule has 0 aliphatic heterocycles. The van der Waals surface area contributed by atoms with Crippen molar-refractivity contribution >= 4 is 5.91 Å². The normalized spacial score (nSPS) is 10.5. The van der Waals surface area contributed by atoms with Gasteiger partial charge in [-0.25, -0.2) is 0 Å². The second-order valence-electron chi connectivity index (χ2n) is 3.88. The number of hydrogen-bond donors (Lipinski definition) is 1. The molecule has 0 saturated heterocycles. The molecule has 1 amide bonds. The average molecular weight is 229 g/mol. The summed E-state index contributed by atoms with van der Waals surface area (Å²) in [5.41, 5.74) is 8.62. The van der Waals surface area contributed by atoms with E-state index in [0.29, 0.717) is 5.69 Å². The summed E-state index contributed by atoms with van der Waals surface area (Å²) >= 11 is 0. The van der Waals surface area contributed by atoms with Crippen LogP contribution in [0.3, 0.4) is 0 Å². The summed E-state index contributed by atoms with van der Waals surface area (Å²) in [5, 5.41) is 4.20. The third-order valence-electron chi connectivity index (χ3n) is 2.78. The molecule has 4 nitrogen and oxygen atoms in total. The van der Waals surface area contributed by atoms with Crippen molar-refractivity contribution in [2.45, 2.75) is 13.3 Å². The Morgan fingerprint density at radius 1 is 1.35 bits per heavy atom. The zero-order valence-electron chi connectivity index (χ0n) is 9.97. The first-order chi connectivity index (χ1) is 8.15. The van der Waals surface area contributed by atoms with Crippen molar-refractivity contribution in [1.82, 2.24) is 9.78 Å². The Morgan fingerprint density at radius 2 is 2.00 bits per heavy atom. The molecule has 0 fully saturated rings. The van der Waals surface area contributed by atoms with Gasteiger partial charge in [-0.05, 0) is 6.42 Å². The molecule has 1 aromatic carbocycles. The Bertz CT molecular complexity index is 543. The van der Waals surface area contributed by atoms with Crippen LogP contribution in [0.1, 0.15) is 23.0 Å². The van der Waals surface area contributed by atoms with Crippen LogP contribution in [0.25, 0.3) is 11.3 Å². The van der Waals surface area contributed by atoms with E-state index in [-0.39, 0.29) is 0 Å². The molecule has 4 heteroatoms. The van der Waals surface area contributed by atoms with Gasteiger partial charge in [0, 0.05) is 18.2 Å². The third kappa shape index (κ3) is 1.93. The molecule has 88 valence electrons. The fraction of sp³-hybridized carbons (Fsp3) is 0.231. The Hall–Kier alpha value is -2.10. The Balaban J connectivity index is 2.66. The van der Waals surface area contributed by atoms with Crippen LogP contribution in [0.5, 0.6) is 0 Å². The van der Waals surface area contributed by atoms with Crippen LogP contribution in [0.15, 0.2) is 30.3 Å². The molecule has 0 unspecified atom stereocenters. The second-order valence-corrected chi connectivity index (χ2v) is 3.88. The van der Waals surface area contributed by atoms with Gasteiger partial charge in [-0.1, -0.05) is 37.3 Å². The Morgan fingerprint density at radius 3 is 2.53 bits per heavy atom. The van der Waals surface area contributed by atoms with E-state index in [2.05, 4.69) is 5.10 Å². The number of benzene rings is 1. The summed E-state index contributed by atoms with van der Waals surface area (Å²) < 4.78 is 1.72. The number of aromatic nitrogens is 2. The molecule has 0 aliphatic carbocycles. The summed E-state index contributed by atoms with van der Waals surface area (Å²) in [7, 11) is 1.83. The van der Waals surface area contributed by atoms with Crippen LogP contribution in [0.4, 0.5) is 0 Å². The van der Waals surface area contributed by atoms with Gasteiger partial charge in [0.1, 0.15) is 0 Å². The average Bonchev–Trinajstić information content (AvgIpc) is 2.67. The molecule has 0 bridgehead atoms. The first-order valence-corrected chi connectivity index (χ1v) is 5.56. The van der Waals surface area contributed by atoms with Crippen molar-refractivity contribution < 1.29 is 4.79 Å². The van der Waals surface area contributed by atoms with Crippen LogP contribution in [0, 0.1) is 0 Å². The number of hydrogen-bond acceptors (Lipinski definition) is 2. The number of nitrogens with two attached hydrogens (primary N) is 1. The minimum Gasteiger partial charge on any atom is -0.364 e. The first-order valence-electron chi connectivity index (χ1n) is 5.56. The predicted octanol–water partition coefficient (Wildman–Crippen LogP) is 1.75. The van der Waals surface area contributed by atoms with Gasteiger partial charge in [0.25, 0.3) is 5.91 Å². The van der Waals surface area contributed by atoms with E-state index in [4.69, 9.17) is 5.73 Å². The summed E-state index contributed by atoms with van der Waals surface area (Å²) in [6, 6.07) is 9.89. The van der Waals surface area contributed by atoms with E-state index < -0.39 is 5.91 Å². The molecule has 0 aliphatic rings. The first kappa shape index (κ1) is 11.4. The van der Waals surface area contributed by atoms with Crippen LogP contribution in [-0.4, -0.2) is 15.7 Å². The number of carbonyl (C=O) groups is 1. The molecule has 2 rings (SSSR count). The summed E-state index contributed by atoms with van der Waals surface area (Å²) in [6.07, 6.45) is 0.732. The van der Waals surface area contributed by atoms with Crippen LogP contribution >= 0.6 is 0 Å². The number of nitrogens with zero attached hydrogens (tertiary/aromatic N) is 2. The monoisotopic (exact) mass is 229 g/mol. The topological polar surface area (TPSA) is 60.9 Å². The van der Waals surface area contributed by atoms with Crippen molar-refractivity contribution in [3.63, 3.8) is 0 Å². The largest absolute Gasteiger partial charge is 0.364 e. The number of aryl methyl sites for hydroxylation is 1. The standard InChI is InChI=1S/C13H15N3O/c1-3-10-11(13(14)17)15-16(2)12(10)9-7-5-4-6-8-9/h4-8H,3H2,1-2H3,(H2,14,17). The van der Waals surface area contributed by atoms with Gasteiger partial charge in [0.05, 0.1) is 5.69 Å². The molecule has 0 spiro atoms. The lowest BCUT2D eigenvalue weighted by Gasteiger charge is -2.04. The SMILES string of the molecule is CCc1c(C(N)=O)nn(C)c1-c1ccccc1. The number of rotatable bonds is 3. The van der Waals surface area contributed by atoms with Gasteiger partial charge in [0.2, 0.25) is 0 Å². The van der Waals surface area contributed by atoms with Crippen molar-refractivity contribution in [2.24, 2.45) is 12.8 Å². The maximum absolute atomic E-state index is 11.3. The zero-order chi connectivity index (χ0) is 12.4. The fourth-order valence-electron chi connectivity index (χ4n) is 2.06. The van der Waals surface area contributed by atoms with Crippen LogP contribution in [-0.2, 0) is 13.5 Å². The molecule has 1 aromatic heterocycles. The van der Waals surface area contributed by atoms with Gasteiger partial charge >= 0.3 is 0 Å². The van der Waals surface area contributed by atoms with Gasteiger partial charge in [0.15, 0.2) is 5.69 Å². The Labute approximate surface area is 100 Å². The molecule has 2 N–H and O–H groups in total. The van der Waals surface area contributed by atoms with Crippen LogP contribution < -0.4 is 5.73 Å². The lowest BCUT2D eigenvalue weighted by Crippen LogP contribution is -2.14. The smallest absolute Gasteiger partial charge is 0.269 e. The van der Waals surface area contributed by atoms with E-state index in [1.165, 1.54) is 0 Å². The molecular formula is C13H15N3O. The van der Waals surface area contributed by atoms with E-state index in [0.717, 1.165) is 23.2 Å². The van der Waals surface area contributed by atoms with E-state index >= 15 is 0 Å². The number of amides is 1. The summed E-state index contributed by atoms with van der Waals surface area (Å²) in [4.78, 5) is 11.3. The highest BCUT2D eigenvalue weighted by Gasteiger charge is 2.19. The number of carbonyl (C=O) groups excluding carboxylic acids is 1. The van der Waals surface area contributed by atoms with Crippen molar-refractivity contribution in [2.75, 3.05) is 0 Å².